The molecule has 2 aromatic carbocycles. The van der Waals surface area contributed by atoms with Gasteiger partial charge in [0.25, 0.3) is 0 Å². The number of hydrogen-bond acceptors (Lipinski definition) is 10. The van der Waals surface area contributed by atoms with Crippen LogP contribution in [0.25, 0.3) is 6.08 Å². The summed E-state index contributed by atoms with van der Waals surface area (Å²) >= 11 is 0. The lowest BCUT2D eigenvalue weighted by atomic mass is 9.90. The van der Waals surface area contributed by atoms with Crippen molar-refractivity contribution in [3.8, 4) is 0 Å². The van der Waals surface area contributed by atoms with E-state index in [1.165, 1.54) is 22.9 Å². The summed E-state index contributed by atoms with van der Waals surface area (Å²) in [6.45, 7) is 4.79. The lowest BCUT2D eigenvalue weighted by molar-refractivity contribution is -0.155. The monoisotopic (exact) mass is 719 g/mol. The van der Waals surface area contributed by atoms with Gasteiger partial charge in [0, 0.05) is 52.1 Å². The highest BCUT2D eigenvalue weighted by Gasteiger charge is 2.44. The van der Waals surface area contributed by atoms with E-state index in [9.17, 15) is 29.1 Å². The standard InChI is InChI=1S/C39H49N3O10/c1-39(2,3)52-34(45)19-17-28(23-43)40-36(46)30(20-25-12-8-7-9-13-25)42(6)37(47)27-21-31-35(50-24-49-31)32(22-27)51-38(48)29-15-11-10-14-26(29)16-18-33(44)41(4)5/h7-16,18,21,28,30-32,35,43H,17,19-20,22-24H2,1-6H3,(H,40,46). The lowest BCUT2D eigenvalue weighted by Crippen LogP contribution is -2.53. The highest BCUT2D eigenvalue weighted by atomic mass is 16.7. The summed E-state index contributed by atoms with van der Waals surface area (Å²) in [5.74, 6) is -2.37. The second-order valence-corrected chi connectivity index (χ2v) is 14.0. The molecule has 280 valence electrons. The Bertz CT molecular complexity index is 1650. The molecule has 0 aromatic heterocycles. The van der Waals surface area contributed by atoms with Crippen LogP contribution >= 0.6 is 0 Å². The molecule has 52 heavy (non-hydrogen) atoms. The second-order valence-electron chi connectivity index (χ2n) is 14.0. The van der Waals surface area contributed by atoms with E-state index in [4.69, 9.17) is 18.9 Å². The number of hydrogen-bond donors (Lipinski definition) is 2. The Kier molecular flexibility index (Phi) is 13.9. The highest BCUT2D eigenvalue weighted by molar-refractivity contribution is 5.98. The smallest absolute Gasteiger partial charge is 0.339 e. The number of benzene rings is 2. The number of rotatable bonds is 14. The Balaban J connectivity index is 1.52. The minimum atomic E-state index is -1.01. The normalized spacial score (nSPS) is 19.5. The molecule has 2 N–H and O–H groups in total. The zero-order valence-corrected chi connectivity index (χ0v) is 30.6. The minimum Gasteiger partial charge on any atom is -0.460 e. The predicted molar refractivity (Wildman–Crippen MR) is 191 cm³/mol. The van der Waals surface area contributed by atoms with Gasteiger partial charge in [0.15, 0.2) is 0 Å². The van der Waals surface area contributed by atoms with E-state index >= 15 is 0 Å². The SMILES string of the molecule is CN(C)C(=O)C=Cc1ccccc1C(=O)OC1CC(C(=O)N(C)C(Cc2ccccc2)C(=O)NC(CO)CCC(=O)OC(C)(C)C)=CC2OCOC21. The van der Waals surface area contributed by atoms with Crippen molar-refractivity contribution in [2.45, 2.75) is 82.5 Å². The van der Waals surface area contributed by atoms with Crippen LogP contribution in [0.15, 0.2) is 72.3 Å². The number of fused-ring (bicyclic) bond motifs is 1. The fourth-order valence-corrected chi connectivity index (χ4v) is 5.86. The average Bonchev–Trinajstić information content (AvgIpc) is 3.59. The number of nitrogens with one attached hydrogen (secondary N) is 1. The maximum Gasteiger partial charge on any atom is 0.339 e. The third-order valence-corrected chi connectivity index (χ3v) is 8.60. The van der Waals surface area contributed by atoms with Crippen molar-refractivity contribution in [1.82, 2.24) is 15.1 Å². The van der Waals surface area contributed by atoms with Crippen molar-refractivity contribution in [3.05, 3.63) is 89.0 Å². The molecule has 1 aliphatic heterocycles. The summed E-state index contributed by atoms with van der Waals surface area (Å²) < 4.78 is 22.8. The summed E-state index contributed by atoms with van der Waals surface area (Å²) in [5, 5.41) is 12.9. The van der Waals surface area contributed by atoms with Crippen LogP contribution in [0.5, 0.6) is 0 Å². The first kappa shape index (κ1) is 39.9. The van der Waals surface area contributed by atoms with Gasteiger partial charge in [-0.15, -0.1) is 0 Å². The number of amides is 3. The van der Waals surface area contributed by atoms with Crippen LogP contribution in [0.1, 0.15) is 61.5 Å². The third-order valence-electron chi connectivity index (χ3n) is 8.60. The maximum absolute atomic E-state index is 14.2. The molecular weight excluding hydrogens is 670 g/mol. The van der Waals surface area contributed by atoms with Gasteiger partial charge in [0.2, 0.25) is 17.7 Å². The minimum absolute atomic E-state index is 0.00854. The van der Waals surface area contributed by atoms with Crippen molar-refractivity contribution in [2.75, 3.05) is 34.5 Å². The molecule has 0 saturated carbocycles. The van der Waals surface area contributed by atoms with Crippen LogP contribution in [0.2, 0.25) is 0 Å². The van der Waals surface area contributed by atoms with Gasteiger partial charge in [-0.1, -0.05) is 48.5 Å². The van der Waals surface area contributed by atoms with E-state index in [1.807, 2.05) is 30.3 Å². The first-order chi connectivity index (χ1) is 24.7. The van der Waals surface area contributed by atoms with E-state index < -0.39 is 66.4 Å². The van der Waals surface area contributed by atoms with E-state index in [-0.39, 0.29) is 49.5 Å². The van der Waals surface area contributed by atoms with Gasteiger partial charge >= 0.3 is 11.9 Å². The summed E-state index contributed by atoms with van der Waals surface area (Å²) in [6.07, 6.45) is 2.56. The molecule has 2 aliphatic rings. The van der Waals surface area contributed by atoms with E-state index in [0.717, 1.165) is 5.56 Å². The van der Waals surface area contributed by atoms with Gasteiger partial charge < -0.3 is 39.2 Å². The maximum atomic E-state index is 14.2. The largest absolute Gasteiger partial charge is 0.460 e. The molecule has 0 radical (unpaired) electrons. The Morgan fingerprint density at radius 1 is 1.00 bits per heavy atom. The zero-order valence-electron chi connectivity index (χ0n) is 30.6. The molecule has 1 fully saturated rings. The fraction of sp³-hybridized carbons (Fsp3) is 0.462. The average molecular weight is 720 g/mol. The molecule has 3 amide bonds. The van der Waals surface area contributed by atoms with E-state index in [2.05, 4.69) is 5.32 Å². The third kappa shape index (κ3) is 11.1. The van der Waals surface area contributed by atoms with E-state index in [0.29, 0.717) is 5.56 Å². The second kappa shape index (κ2) is 18.1. The van der Waals surface area contributed by atoms with Crippen LogP contribution in [0.3, 0.4) is 0 Å². The van der Waals surface area contributed by atoms with Crippen molar-refractivity contribution in [1.29, 1.82) is 0 Å². The molecule has 1 heterocycles. The quantitative estimate of drug-likeness (QED) is 0.219. The Labute approximate surface area is 304 Å². The number of aliphatic hydroxyl groups is 1. The summed E-state index contributed by atoms with van der Waals surface area (Å²) in [6, 6.07) is 14.1. The van der Waals surface area contributed by atoms with Crippen molar-refractivity contribution < 1.29 is 48.0 Å². The lowest BCUT2D eigenvalue weighted by Gasteiger charge is -2.34. The van der Waals surface area contributed by atoms with Crippen LogP contribution in [0, 0.1) is 0 Å². The molecule has 2 aromatic rings. The van der Waals surface area contributed by atoms with Gasteiger partial charge in [-0.05, 0) is 56.5 Å². The zero-order chi connectivity index (χ0) is 38.0. The number of ether oxygens (including phenoxy) is 4. The number of nitrogens with zero attached hydrogens (tertiary/aromatic N) is 2. The topological polar surface area (TPSA) is 161 Å². The van der Waals surface area contributed by atoms with Crippen LogP contribution in [0.4, 0.5) is 0 Å². The number of esters is 2. The van der Waals surface area contributed by atoms with Crippen LogP contribution in [-0.2, 0) is 44.5 Å². The van der Waals surface area contributed by atoms with Crippen LogP contribution in [-0.4, -0.2) is 115 Å². The van der Waals surface area contributed by atoms with Crippen molar-refractivity contribution in [2.24, 2.45) is 0 Å². The molecule has 13 heteroatoms. The van der Waals surface area contributed by atoms with Gasteiger partial charge in [-0.2, -0.15) is 0 Å². The van der Waals surface area contributed by atoms with Crippen LogP contribution < -0.4 is 5.32 Å². The number of aliphatic hydroxyl groups excluding tert-OH is 1. The molecule has 1 saturated heterocycles. The summed E-state index contributed by atoms with van der Waals surface area (Å²) in [5.41, 5.74) is 1.10. The van der Waals surface area contributed by atoms with E-state index in [1.54, 1.807) is 71.3 Å². The predicted octanol–water partition coefficient (Wildman–Crippen LogP) is 3.05. The van der Waals surface area contributed by atoms with Gasteiger partial charge in [0.05, 0.1) is 18.2 Å². The van der Waals surface area contributed by atoms with Gasteiger partial charge in [0.1, 0.15) is 36.7 Å². The summed E-state index contributed by atoms with van der Waals surface area (Å²) in [7, 11) is 4.76. The Morgan fingerprint density at radius 3 is 2.37 bits per heavy atom. The molecule has 1 aliphatic carbocycles. The molecular formula is C39H49N3O10. The molecule has 13 nitrogen and oxygen atoms in total. The first-order valence-electron chi connectivity index (χ1n) is 17.2. The molecule has 0 bridgehead atoms. The van der Waals surface area contributed by atoms with Gasteiger partial charge in [-0.3, -0.25) is 19.2 Å². The van der Waals surface area contributed by atoms with Crippen molar-refractivity contribution >= 4 is 35.7 Å². The Hall–Kier alpha value is -4.85. The summed E-state index contributed by atoms with van der Waals surface area (Å²) in [4.78, 5) is 68.7. The number of likely N-dealkylation sites (N-methyl/N-ethyl adjacent to an activating group) is 2. The first-order valence-corrected chi connectivity index (χ1v) is 17.2. The molecule has 5 unspecified atom stereocenters. The Morgan fingerprint density at radius 2 is 1.69 bits per heavy atom. The highest BCUT2D eigenvalue weighted by Crippen LogP contribution is 2.32. The molecule has 0 spiro atoms. The number of carbonyl (C=O) groups is 5. The van der Waals surface area contributed by atoms with Crippen molar-refractivity contribution in [3.63, 3.8) is 0 Å². The molecule has 5 atom stereocenters. The number of carbonyl (C=O) groups excluding carboxylic acids is 5. The molecule has 4 rings (SSSR count). The van der Waals surface area contributed by atoms with Gasteiger partial charge in [-0.25, -0.2) is 4.79 Å². The fourth-order valence-electron chi connectivity index (χ4n) is 5.86.